The molecule has 2 heterocycles. The highest BCUT2D eigenvalue weighted by Crippen LogP contribution is 2.37. The second-order valence-electron chi connectivity index (χ2n) is 6.72. The summed E-state index contributed by atoms with van der Waals surface area (Å²) < 4.78 is 0. The van der Waals surface area contributed by atoms with E-state index in [1.807, 2.05) is 0 Å². The first-order chi connectivity index (χ1) is 8.56. The van der Waals surface area contributed by atoms with E-state index in [0.29, 0.717) is 0 Å². The molecule has 0 unspecified atom stereocenters. The number of nitrogens with zero attached hydrogens (tertiary/aromatic N) is 3. The molecule has 0 amide bonds. The minimum Gasteiger partial charge on any atom is -0.368 e. The second-order valence-corrected chi connectivity index (χ2v) is 6.72. The van der Waals surface area contributed by atoms with Crippen molar-refractivity contribution in [2.75, 3.05) is 36.0 Å². The van der Waals surface area contributed by atoms with Crippen LogP contribution in [0.3, 0.4) is 0 Å². The van der Waals surface area contributed by atoms with Gasteiger partial charge in [-0.05, 0) is 46.5 Å². The summed E-state index contributed by atoms with van der Waals surface area (Å²) in [5, 5.41) is 1.31. The van der Waals surface area contributed by atoms with Gasteiger partial charge < -0.3 is 9.80 Å². The molecule has 2 fully saturated rings. The molecule has 0 N–H and O–H groups in total. The molecule has 18 heavy (non-hydrogen) atoms. The van der Waals surface area contributed by atoms with Crippen molar-refractivity contribution >= 4 is 11.4 Å². The third-order valence-electron chi connectivity index (χ3n) is 3.90. The van der Waals surface area contributed by atoms with Crippen LogP contribution in [0.15, 0.2) is 4.99 Å². The number of hydrogen-bond donors (Lipinski definition) is 0. The topological polar surface area (TPSA) is 18.8 Å². The lowest BCUT2D eigenvalue weighted by Crippen LogP contribution is -2.18. The molecule has 3 heteroatoms. The van der Waals surface area contributed by atoms with Crippen LogP contribution in [0.2, 0.25) is 0 Å². The van der Waals surface area contributed by atoms with E-state index in [0.717, 1.165) is 0 Å². The first kappa shape index (κ1) is 12.1. The summed E-state index contributed by atoms with van der Waals surface area (Å²) in [7, 11) is 0. The lowest BCUT2D eigenvalue weighted by atomic mass is 10.1. The smallest absolute Gasteiger partial charge is 0.109 e. The summed E-state index contributed by atoms with van der Waals surface area (Å²) in [6.45, 7) is 11.5. The minimum atomic E-state index is 0.0434. The number of hydrogen-bond acceptors (Lipinski definition) is 3. The Morgan fingerprint density at radius 3 is 1.50 bits per heavy atom. The van der Waals surface area contributed by atoms with Gasteiger partial charge in [0.2, 0.25) is 0 Å². The van der Waals surface area contributed by atoms with Gasteiger partial charge in [0.1, 0.15) is 5.36 Å². The van der Waals surface area contributed by atoms with E-state index in [2.05, 4.69) is 30.6 Å². The summed E-state index contributed by atoms with van der Waals surface area (Å²) in [4.78, 5) is 10.0. The zero-order chi connectivity index (χ0) is 12.8. The van der Waals surface area contributed by atoms with Gasteiger partial charge in [0.25, 0.3) is 0 Å². The molecule has 3 rings (SSSR count). The van der Waals surface area contributed by atoms with E-state index in [9.17, 15) is 0 Å². The Balaban J connectivity index is 1.89. The first-order valence-electron chi connectivity index (χ1n) is 7.41. The molecule has 1 aromatic carbocycles. The van der Waals surface area contributed by atoms with Crippen molar-refractivity contribution in [1.82, 2.24) is 0 Å². The Bertz CT molecular complexity index is 403. The molecule has 2 aliphatic rings. The van der Waals surface area contributed by atoms with Gasteiger partial charge in [-0.2, -0.15) is 0 Å². The maximum absolute atomic E-state index is 4.93. The molecule has 0 atom stereocenters. The third kappa shape index (κ3) is 2.27. The van der Waals surface area contributed by atoms with Gasteiger partial charge in [-0.25, -0.2) is 0 Å². The highest BCUT2D eigenvalue weighted by atomic mass is 15.3. The van der Waals surface area contributed by atoms with Crippen molar-refractivity contribution in [2.45, 2.75) is 52.0 Å². The molecule has 2 saturated heterocycles. The molecule has 0 saturated carbocycles. The summed E-state index contributed by atoms with van der Waals surface area (Å²) in [5.41, 5.74) is 3.00. The SMILES string of the molecule is CC(C)(C)N=c1c(N2CCCC2)c1N1CCCC1. The Hall–Kier alpha value is -0.990. The van der Waals surface area contributed by atoms with Gasteiger partial charge >= 0.3 is 0 Å². The van der Waals surface area contributed by atoms with Crippen LogP contribution in [-0.2, 0) is 0 Å². The monoisotopic (exact) mass is 247 g/mol. The van der Waals surface area contributed by atoms with E-state index in [1.54, 1.807) is 0 Å². The Morgan fingerprint density at radius 2 is 1.17 bits per heavy atom. The largest absolute Gasteiger partial charge is 0.368 e. The van der Waals surface area contributed by atoms with Gasteiger partial charge in [0.15, 0.2) is 0 Å². The number of anilines is 2. The fourth-order valence-corrected chi connectivity index (χ4v) is 3.08. The maximum atomic E-state index is 4.93. The fraction of sp³-hybridized carbons (Fsp3) is 0.800. The molecule has 0 bridgehead atoms. The molecule has 3 nitrogen and oxygen atoms in total. The van der Waals surface area contributed by atoms with Crippen molar-refractivity contribution in [1.29, 1.82) is 0 Å². The summed E-state index contributed by atoms with van der Waals surface area (Å²) in [5.74, 6) is 0. The third-order valence-corrected chi connectivity index (χ3v) is 3.90. The Morgan fingerprint density at radius 1 is 0.778 bits per heavy atom. The van der Waals surface area contributed by atoms with Crippen LogP contribution >= 0.6 is 0 Å². The molecule has 0 aromatic heterocycles. The van der Waals surface area contributed by atoms with E-state index in [4.69, 9.17) is 4.99 Å². The molecule has 2 aliphatic heterocycles. The van der Waals surface area contributed by atoms with Crippen LogP contribution in [0.4, 0.5) is 11.4 Å². The number of rotatable bonds is 2. The van der Waals surface area contributed by atoms with Crippen molar-refractivity contribution in [3.63, 3.8) is 0 Å². The van der Waals surface area contributed by atoms with Crippen LogP contribution in [-0.4, -0.2) is 31.7 Å². The van der Waals surface area contributed by atoms with Crippen molar-refractivity contribution in [2.24, 2.45) is 4.99 Å². The molecule has 1 aromatic rings. The average Bonchev–Trinajstić information content (AvgIpc) is 2.82. The first-order valence-corrected chi connectivity index (χ1v) is 7.41. The van der Waals surface area contributed by atoms with Gasteiger partial charge in [-0.1, -0.05) is 0 Å². The minimum absolute atomic E-state index is 0.0434. The van der Waals surface area contributed by atoms with E-state index >= 15 is 0 Å². The molecule has 100 valence electrons. The zero-order valence-corrected chi connectivity index (χ0v) is 12.0. The Labute approximate surface area is 110 Å². The highest BCUT2D eigenvalue weighted by molar-refractivity contribution is 5.85. The quantitative estimate of drug-likeness (QED) is 0.799. The average molecular weight is 247 g/mol. The van der Waals surface area contributed by atoms with Crippen LogP contribution in [0.5, 0.6) is 0 Å². The van der Waals surface area contributed by atoms with Crippen LogP contribution in [0, 0.1) is 0 Å². The van der Waals surface area contributed by atoms with Crippen molar-refractivity contribution in [3.8, 4) is 0 Å². The second kappa shape index (κ2) is 4.29. The lowest BCUT2D eigenvalue weighted by Gasteiger charge is -2.15. The summed E-state index contributed by atoms with van der Waals surface area (Å²) in [6, 6.07) is 0. The van der Waals surface area contributed by atoms with Gasteiger partial charge in [-0.15, -0.1) is 0 Å². The van der Waals surface area contributed by atoms with Crippen molar-refractivity contribution in [3.05, 3.63) is 5.36 Å². The molecule has 0 radical (unpaired) electrons. The Kier molecular flexibility index (Phi) is 2.87. The highest BCUT2D eigenvalue weighted by Gasteiger charge is 2.33. The molecular formula is C15H25N3. The normalized spacial score (nSPS) is 21.3. The van der Waals surface area contributed by atoms with Crippen molar-refractivity contribution < 1.29 is 0 Å². The molecular weight excluding hydrogens is 222 g/mol. The van der Waals surface area contributed by atoms with Gasteiger partial charge in [0, 0.05) is 26.2 Å². The standard InChI is InChI=1S/C15H25N3/c1-15(2,3)16-12-13(17-8-4-5-9-17)14(12)18-10-6-7-11-18/h4-11H2,1-3H3. The van der Waals surface area contributed by atoms with Gasteiger partial charge in [0.05, 0.1) is 16.9 Å². The van der Waals surface area contributed by atoms with Crippen LogP contribution in [0.1, 0.15) is 46.5 Å². The van der Waals surface area contributed by atoms with Gasteiger partial charge in [-0.3, -0.25) is 4.99 Å². The zero-order valence-electron chi connectivity index (χ0n) is 12.0. The summed E-state index contributed by atoms with van der Waals surface area (Å²) in [6.07, 6.45) is 5.39. The summed E-state index contributed by atoms with van der Waals surface area (Å²) >= 11 is 0. The van der Waals surface area contributed by atoms with Crippen LogP contribution in [0.25, 0.3) is 0 Å². The fourth-order valence-electron chi connectivity index (χ4n) is 3.08. The lowest BCUT2D eigenvalue weighted by molar-refractivity contribution is 0.569. The van der Waals surface area contributed by atoms with Crippen LogP contribution < -0.4 is 15.2 Å². The molecule has 0 spiro atoms. The van der Waals surface area contributed by atoms with E-state index < -0.39 is 0 Å². The van der Waals surface area contributed by atoms with E-state index in [-0.39, 0.29) is 5.54 Å². The maximum Gasteiger partial charge on any atom is 0.109 e. The molecule has 0 aliphatic carbocycles. The predicted molar refractivity (Wildman–Crippen MR) is 77.0 cm³/mol. The van der Waals surface area contributed by atoms with E-state index in [1.165, 1.54) is 68.6 Å². The predicted octanol–water partition coefficient (Wildman–Crippen LogP) is 2.46.